The third-order valence-corrected chi connectivity index (χ3v) is 4.84. The van der Waals surface area contributed by atoms with Crippen molar-refractivity contribution in [3.8, 4) is 0 Å². The van der Waals surface area contributed by atoms with Crippen LogP contribution in [0.2, 0.25) is 0 Å². The fourth-order valence-electron chi connectivity index (χ4n) is 3.24. The van der Waals surface area contributed by atoms with E-state index < -0.39 is 29.1 Å². The Labute approximate surface area is 166 Å². The molecule has 0 bridgehead atoms. The van der Waals surface area contributed by atoms with Crippen LogP contribution in [0, 0.1) is 12.7 Å². The summed E-state index contributed by atoms with van der Waals surface area (Å²) in [6.07, 6.45) is 0. The van der Waals surface area contributed by atoms with Gasteiger partial charge in [0.2, 0.25) is 5.91 Å². The van der Waals surface area contributed by atoms with Crippen LogP contribution in [0.4, 0.5) is 10.1 Å². The Hall–Kier alpha value is -3.59. The molecule has 150 valence electrons. The van der Waals surface area contributed by atoms with Crippen molar-refractivity contribution < 1.29 is 18.8 Å². The number of hydrogen-bond acceptors (Lipinski definition) is 5. The van der Waals surface area contributed by atoms with Gasteiger partial charge in [-0.3, -0.25) is 24.7 Å². The van der Waals surface area contributed by atoms with Crippen LogP contribution in [0.5, 0.6) is 0 Å². The molecule has 0 fully saturated rings. The van der Waals surface area contributed by atoms with Gasteiger partial charge in [0, 0.05) is 18.3 Å². The zero-order valence-corrected chi connectivity index (χ0v) is 15.9. The van der Waals surface area contributed by atoms with Crippen molar-refractivity contribution >= 4 is 29.1 Å². The molecule has 1 atom stereocenters. The van der Waals surface area contributed by atoms with Crippen molar-refractivity contribution in [1.29, 1.82) is 0 Å². The summed E-state index contributed by atoms with van der Waals surface area (Å²) < 4.78 is 13.7. The molecule has 0 saturated carbocycles. The number of aliphatic imine (C=N–C) groups is 1. The average Bonchev–Trinajstić information content (AvgIpc) is 3.16. The molecule has 1 heterocycles. The zero-order valence-electron chi connectivity index (χ0n) is 15.9. The van der Waals surface area contributed by atoms with Gasteiger partial charge in [0.15, 0.2) is 5.54 Å². The van der Waals surface area contributed by atoms with Crippen molar-refractivity contribution in [1.82, 2.24) is 10.6 Å². The van der Waals surface area contributed by atoms with E-state index in [1.165, 1.54) is 32.2 Å². The van der Waals surface area contributed by atoms with E-state index in [9.17, 15) is 18.8 Å². The number of anilines is 1. The molecule has 0 saturated heterocycles. The first-order chi connectivity index (χ1) is 13.8. The second-order valence-corrected chi connectivity index (χ2v) is 6.48. The summed E-state index contributed by atoms with van der Waals surface area (Å²) in [6.45, 7) is 1.58. The number of hydrogen-bond donors (Lipinski definition) is 4. The molecule has 2 aromatic rings. The zero-order chi connectivity index (χ0) is 21.2. The summed E-state index contributed by atoms with van der Waals surface area (Å²) in [4.78, 5) is 40.9. The first kappa shape index (κ1) is 20.2. The van der Waals surface area contributed by atoms with E-state index in [-0.39, 0.29) is 23.5 Å². The van der Waals surface area contributed by atoms with Gasteiger partial charge in [0.25, 0.3) is 11.8 Å². The third-order valence-electron chi connectivity index (χ3n) is 4.84. The number of amides is 3. The Kier molecular flexibility index (Phi) is 5.42. The van der Waals surface area contributed by atoms with Crippen molar-refractivity contribution in [2.75, 3.05) is 19.0 Å². The summed E-state index contributed by atoms with van der Waals surface area (Å²) in [5, 5.41) is 8.01. The first-order valence-electron chi connectivity index (χ1n) is 8.80. The number of nitrogens with zero attached hydrogens (tertiary/aromatic N) is 1. The maximum atomic E-state index is 13.7. The highest BCUT2D eigenvalue weighted by molar-refractivity contribution is 6.47. The van der Waals surface area contributed by atoms with Gasteiger partial charge < -0.3 is 16.4 Å². The average molecular weight is 397 g/mol. The molecule has 8 nitrogen and oxygen atoms in total. The molecule has 0 aliphatic carbocycles. The summed E-state index contributed by atoms with van der Waals surface area (Å²) >= 11 is 0. The summed E-state index contributed by atoms with van der Waals surface area (Å²) in [7, 11) is 1.43. The topological polar surface area (TPSA) is 126 Å². The minimum Gasteiger partial charge on any atom is -0.367 e. The van der Waals surface area contributed by atoms with Crippen molar-refractivity contribution in [2.24, 2.45) is 10.7 Å². The van der Waals surface area contributed by atoms with E-state index in [1.54, 1.807) is 24.3 Å². The number of carbonyl (C=O) groups excluding carboxylic acids is 3. The molecule has 9 heteroatoms. The second-order valence-electron chi connectivity index (χ2n) is 6.48. The van der Waals surface area contributed by atoms with E-state index in [0.29, 0.717) is 11.3 Å². The van der Waals surface area contributed by atoms with Gasteiger partial charge in [-0.25, -0.2) is 4.39 Å². The number of halogens is 1. The Morgan fingerprint density at radius 3 is 2.45 bits per heavy atom. The molecule has 1 aliphatic heterocycles. The largest absolute Gasteiger partial charge is 0.367 e. The minimum absolute atomic E-state index is 0.0281. The van der Waals surface area contributed by atoms with Crippen LogP contribution in [0.3, 0.4) is 0 Å². The third kappa shape index (κ3) is 3.47. The van der Waals surface area contributed by atoms with Crippen LogP contribution in [-0.2, 0) is 15.1 Å². The number of nitrogens with one attached hydrogen (secondary N) is 3. The molecule has 29 heavy (non-hydrogen) atoms. The molecule has 1 aliphatic rings. The standard InChI is InChI=1S/C20H20FN5O3/c1-11-14(4-3-5-15(11)21)17(27)26-13-8-6-12(7-9-13)20(19(22)29)16(18(28)23-2)24-10-25-20/h3-9,25H,10H2,1-2H3,(H2,22,29)(H,23,28)(H,26,27). The number of benzene rings is 2. The molecule has 2 aromatic carbocycles. The summed E-state index contributed by atoms with van der Waals surface area (Å²) in [5.41, 5.74) is 5.31. The Balaban J connectivity index is 1.88. The first-order valence-corrected chi connectivity index (χ1v) is 8.80. The lowest BCUT2D eigenvalue weighted by molar-refractivity contribution is -0.123. The van der Waals surface area contributed by atoms with Gasteiger partial charge in [-0.2, -0.15) is 0 Å². The smallest absolute Gasteiger partial charge is 0.267 e. The summed E-state index contributed by atoms with van der Waals surface area (Å²) in [6, 6.07) is 10.5. The highest BCUT2D eigenvalue weighted by Gasteiger charge is 2.49. The van der Waals surface area contributed by atoms with Gasteiger partial charge in [0.05, 0.1) is 6.67 Å². The van der Waals surface area contributed by atoms with Crippen LogP contribution in [0.25, 0.3) is 0 Å². The van der Waals surface area contributed by atoms with Crippen LogP contribution >= 0.6 is 0 Å². The fraction of sp³-hybridized carbons (Fsp3) is 0.200. The van der Waals surface area contributed by atoms with Gasteiger partial charge in [-0.1, -0.05) is 18.2 Å². The molecule has 0 aromatic heterocycles. The van der Waals surface area contributed by atoms with E-state index in [0.717, 1.165) is 0 Å². The molecule has 3 rings (SSSR count). The highest BCUT2D eigenvalue weighted by atomic mass is 19.1. The minimum atomic E-state index is -1.57. The van der Waals surface area contributed by atoms with E-state index in [2.05, 4.69) is 20.9 Å². The van der Waals surface area contributed by atoms with Gasteiger partial charge in [-0.15, -0.1) is 0 Å². The van der Waals surface area contributed by atoms with Gasteiger partial charge in [0.1, 0.15) is 11.5 Å². The van der Waals surface area contributed by atoms with E-state index in [4.69, 9.17) is 5.73 Å². The lowest BCUT2D eigenvalue weighted by atomic mass is 9.84. The normalized spacial score (nSPS) is 18.1. The highest BCUT2D eigenvalue weighted by Crippen LogP contribution is 2.28. The van der Waals surface area contributed by atoms with Crippen molar-refractivity contribution in [3.63, 3.8) is 0 Å². The Morgan fingerprint density at radius 2 is 1.83 bits per heavy atom. The molecule has 1 unspecified atom stereocenters. The molecule has 5 N–H and O–H groups in total. The monoisotopic (exact) mass is 397 g/mol. The lowest BCUT2D eigenvalue weighted by Crippen LogP contribution is -2.58. The quantitative estimate of drug-likeness (QED) is 0.596. The molecule has 0 radical (unpaired) electrons. The lowest BCUT2D eigenvalue weighted by Gasteiger charge is -2.27. The molecule has 0 spiro atoms. The summed E-state index contributed by atoms with van der Waals surface area (Å²) in [5.74, 6) is -2.23. The molecular formula is C20H20FN5O3. The predicted molar refractivity (Wildman–Crippen MR) is 106 cm³/mol. The number of carbonyl (C=O) groups is 3. The second kappa shape index (κ2) is 7.80. The Bertz CT molecular complexity index is 1020. The predicted octanol–water partition coefficient (Wildman–Crippen LogP) is 0.815. The van der Waals surface area contributed by atoms with Gasteiger partial charge >= 0.3 is 0 Å². The van der Waals surface area contributed by atoms with E-state index >= 15 is 0 Å². The SMILES string of the molecule is CNC(=O)C1=NCNC1(C(N)=O)c1ccc(NC(=O)c2cccc(F)c2C)cc1. The number of rotatable bonds is 5. The van der Waals surface area contributed by atoms with Crippen molar-refractivity contribution in [2.45, 2.75) is 12.5 Å². The van der Waals surface area contributed by atoms with Crippen LogP contribution < -0.4 is 21.7 Å². The number of primary amides is 1. The van der Waals surface area contributed by atoms with Gasteiger partial charge in [-0.05, 0) is 42.3 Å². The van der Waals surface area contributed by atoms with Crippen LogP contribution in [0.1, 0.15) is 21.5 Å². The maximum Gasteiger partial charge on any atom is 0.267 e. The van der Waals surface area contributed by atoms with Crippen LogP contribution in [-0.4, -0.2) is 37.1 Å². The molecular weight excluding hydrogens is 377 g/mol. The fourth-order valence-corrected chi connectivity index (χ4v) is 3.24. The maximum absolute atomic E-state index is 13.7. The van der Waals surface area contributed by atoms with E-state index in [1.807, 2.05) is 0 Å². The molecule has 3 amide bonds. The van der Waals surface area contributed by atoms with Crippen LogP contribution in [0.15, 0.2) is 47.5 Å². The van der Waals surface area contributed by atoms with Crippen molar-refractivity contribution in [3.05, 3.63) is 65.0 Å². The Morgan fingerprint density at radius 1 is 1.14 bits per heavy atom. The number of nitrogens with two attached hydrogens (primary N) is 1.